The van der Waals surface area contributed by atoms with Gasteiger partial charge in [0.25, 0.3) is 5.91 Å². The van der Waals surface area contributed by atoms with E-state index in [-0.39, 0.29) is 30.5 Å². The van der Waals surface area contributed by atoms with Crippen molar-refractivity contribution in [2.24, 2.45) is 0 Å². The highest BCUT2D eigenvalue weighted by molar-refractivity contribution is 7.89. The number of nitrogens with zero attached hydrogens (tertiary/aromatic N) is 3. The van der Waals surface area contributed by atoms with Gasteiger partial charge in [0.05, 0.1) is 5.52 Å². The summed E-state index contributed by atoms with van der Waals surface area (Å²) in [7, 11) is -3.71. The van der Waals surface area contributed by atoms with Crippen LogP contribution in [0.4, 0.5) is 0 Å². The van der Waals surface area contributed by atoms with E-state index in [1.165, 1.54) is 21.9 Å². The standard InChI is InChI=1S/C25H27N3O4S/c1-18-14-21-6-3-7-23(25(21)26-16-18)33(30,31)28-12-10-27(11-13-28)24(29)17-32-22-9-8-19-4-2-5-20(19)15-22/h3,6-9,14-16H,2,4-5,10-13,17H2,1H3. The lowest BCUT2D eigenvalue weighted by molar-refractivity contribution is -0.134. The summed E-state index contributed by atoms with van der Waals surface area (Å²) in [6.07, 6.45) is 5.01. The Hall–Kier alpha value is -2.97. The quantitative estimate of drug-likeness (QED) is 0.579. The molecule has 0 unspecified atom stereocenters. The Morgan fingerprint density at radius 2 is 1.82 bits per heavy atom. The van der Waals surface area contributed by atoms with Gasteiger partial charge in [-0.25, -0.2) is 8.42 Å². The summed E-state index contributed by atoms with van der Waals surface area (Å²) in [5.41, 5.74) is 4.12. The summed E-state index contributed by atoms with van der Waals surface area (Å²) < 4.78 is 33.8. The topological polar surface area (TPSA) is 79.8 Å². The zero-order valence-electron chi connectivity index (χ0n) is 18.7. The highest BCUT2D eigenvalue weighted by Crippen LogP contribution is 2.27. The summed E-state index contributed by atoms with van der Waals surface area (Å²) >= 11 is 0. The van der Waals surface area contributed by atoms with Crippen LogP contribution in [-0.2, 0) is 27.7 Å². The SMILES string of the molecule is Cc1cnc2c(S(=O)(=O)N3CCN(C(=O)COc4ccc5c(c4)CCC5)CC3)cccc2c1. The number of rotatable bonds is 5. The molecule has 172 valence electrons. The van der Waals surface area contributed by atoms with Crippen molar-refractivity contribution >= 4 is 26.8 Å². The van der Waals surface area contributed by atoms with E-state index in [1.807, 2.05) is 31.2 Å². The first kappa shape index (κ1) is 21.9. The molecule has 0 radical (unpaired) electrons. The number of carbonyl (C=O) groups is 1. The molecule has 33 heavy (non-hydrogen) atoms. The van der Waals surface area contributed by atoms with Gasteiger partial charge in [0.15, 0.2) is 6.61 Å². The van der Waals surface area contributed by atoms with E-state index in [9.17, 15) is 13.2 Å². The van der Waals surface area contributed by atoms with E-state index in [4.69, 9.17) is 4.74 Å². The van der Waals surface area contributed by atoms with Gasteiger partial charge in [0.1, 0.15) is 10.6 Å². The van der Waals surface area contributed by atoms with Gasteiger partial charge in [-0.15, -0.1) is 0 Å². The number of ether oxygens (including phenoxy) is 1. The van der Waals surface area contributed by atoms with Gasteiger partial charge >= 0.3 is 0 Å². The molecule has 1 fully saturated rings. The fourth-order valence-electron chi connectivity index (χ4n) is 4.64. The number of sulfonamides is 1. The summed E-state index contributed by atoms with van der Waals surface area (Å²) in [6, 6.07) is 13.2. The Bertz CT molecular complexity index is 1310. The Balaban J connectivity index is 1.22. The number of aryl methyl sites for hydroxylation is 3. The molecule has 0 spiro atoms. The number of piperazine rings is 1. The third kappa shape index (κ3) is 4.32. The van der Waals surface area contributed by atoms with Gasteiger partial charge in [-0.3, -0.25) is 9.78 Å². The maximum absolute atomic E-state index is 13.3. The minimum atomic E-state index is -3.71. The highest BCUT2D eigenvalue weighted by atomic mass is 32.2. The first-order chi connectivity index (χ1) is 15.9. The van der Waals surface area contributed by atoms with Crippen LogP contribution in [0.25, 0.3) is 10.9 Å². The molecule has 2 heterocycles. The number of carbonyl (C=O) groups excluding carboxylic acids is 1. The third-order valence-electron chi connectivity index (χ3n) is 6.45. The monoisotopic (exact) mass is 465 g/mol. The van der Waals surface area contributed by atoms with Gasteiger partial charge in [0.2, 0.25) is 10.0 Å². The number of pyridine rings is 1. The van der Waals surface area contributed by atoms with Crippen LogP contribution in [0.15, 0.2) is 53.6 Å². The van der Waals surface area contributed by atoms with Crippen molar-refractivity contribution in [3.05, 3.63) is 65.4 Å². The minimum absolute atomic E-state index is 0.0435. The summed E-state index contributed by atoms with van der Waals surface area (Å²) in [4.78, 5) is 18.9. The number of para-hydroxylation sites is 1. The predicted octanol–water partition coefficient (Wildman–Crippen LogP) is 2.94. The molecule has 5 rings (SSSR count). The Kier molecular flexibility index (Phi) is 5.80. The smallest absolute Gasteiger partial charge is 0.260 e. The molecule has 1 saturated heterocycles. The number of hydrogen-bond acceptors (Lipinski definition) is 5. The number of amides is 1. The summed E-state index contributed by atoms with van der Waals surface area (Å²) in [5.74, 6) is 0.582. The third-order valence-corrected chi connectivity index (χ3v) is 8.38. The summed E-state index contributed by atoms with van der Waals surface area (Å²) in [6.45, 7) is 3.05. The Labute approximate surface area is 194 Å². The normalized spacial score (nSPS) is 16.7. The second-order valence-corrected chi connectivity index (χ2v) is 10.6. The highest BCUT2D eigenvalue weighted by Gasteiger charge is 2.31. The fraction of sp³-hybridized carbons (Fsp3) is 0.360. The molecule has 8 heteroatoms. The fourth-order valence-corrected chi connectivity index (χ4v) is 6.23. The molecule has 0 N–H and O–H groups in total. The van der Waals surface area contributed by atoms with Crippen molar-refractivity contribution in [2.75, 3.05) is 32.8 Å². The van der Waals surface area contributed by atoms with E-state index in [0.29, 0.717) is 24.4 Å². The lowest BCUT2D eigenvalue weighted by Crippen LogP contribution is -2.51. The van der Waals surface area contributed by atoms with Crippen LogP contribution in [0.2, 0.25) is 0 Å². The van der Waals surface area contributed by atoms with Crippen LogP contribution >= 0.6 is 0 Å². The van der Waals surface area contributed by atoms with Crippen molar-refractivity contribution < 1.29 is 17.9 Å². The first-order valence-corrected chi connectivity index (χ1v) is 12.7. The van der Waals surface area contributed by atoms with Crippen LogP contribution in [0.5, 0.6) is 5.75 Å². The average Bonchev–Trinajstić information content (AvgIpc) is 3.30. The van der Waals surface area contributed by atoms with Gasteiger partial charge in [-0.1, -0.05) is 18.2 Å². The molecule has 2 aliphatic rings. The molecule has 1 aliphatic heterocycles. The number of hydrogen-bond donors (Lipinski definition) is 0. The number of benzene rings is 2. The zero-order valence-corrected chi connectivity index (χ0v) is 19.5. The zero-order chi connectivity index (χ0) is 23.0. The minimum Gasteiger partial charge on any atom is -0.484 e. The van der Waals surface area contributed by atoms with Crippen LogP contribution in [0.3, 0.4) is 0 Å². The molecular formula is C25H27N3O4S. The molecule has 1 amide bonds. The van der Waals surface area contributed by atoms with Gasteiger partial charge in [-0.2, -0.15) is 4.31 Å². The molecule has 3 aromatic rings. The second-order valence-electron chi connectivity index (χ2n) is 8.70. The second kappa shape index (κ2) is 8.76. The molecule has 0 saturated carbocycles. The molecular weight excluding hydrogens is 438 g/mol. The van der Waals surface area contributed by atoms with Crippen LogP contribution in [0, 0.1) is 6.92 Å². The maximum Gasteiger partial charge on any atom is 0.260 e. The lowest BCUT2D eigenvalue weighted by Gasteiger charge is -2.34. The Morgan fingerprint density at radius 3 is 2.64 bits per heavy atom. The molecule has 1 aliphatic carbocycles. The van der Waals surface area contributed by atoms with Crippen molar-refractivity contribution in [3.8, 4) is 5.75 Å². The number of aromatic nitrogens is 1. The van der Waals surface area contributed by atoms with E-state index in [1.54, 1.807) is 23.2 Å². The van der Waals surface area contributed by atoms with Crippen LogP contribution in [0.1, 0.15) is 23.1 Å². The summed E-state index contributed by atoms with van der Waals surface area (Å²) in [5, 5.41) is 0.800. The van der Waals surface area contributed by atoms with Gasteiger partial charge < -0.3 is 9.64 Å². The van der Waals surface area contributed by atoms with Crippen molar-refractivity contribution in [2.45, 2.75) is 31.1 Å². The van der Waals surface area contributed by atoms with Gasteiger partial charge in [-0.05, 0) is 67.1 Å². The van der Waals surface area contributed by atoms with Crippen molar-refractivity contribution in [3.63, 3.8) is 0 Å². The van der Waals surface area contributed by atoms with E-state index < -0.39 is 10.0 Å². The molecule has 0 bridgehead atoms. The number of fused-ring (bicyclic) bond motifs is 2. The first-order valence-electron chi connectivity index (χ1n) is 11.3. The van der Waals surface area contributed by atoms with E-state index >= 15 is 0 Å². The maximum atomic E-state index is 13.3. The average molecular weight is 466 g/mol. The van der Waals surface area contributed by atoms with Crippen LogP contribution < -0.4 is 4.74 Å². The largest absolute Gasteiger partial charge is 0.484 e. The van der Waals surface area contributed by atoms with Crippen molar-refractivity contribution in [1.82, 2.24) is 14.2 Å². The van der Waals surface area contributed by atoms with Crippen molar-refractivity contribution in [1.29, 1.82) is 0 Å². The van der Waals surface area contributed by atoms with Gasteiger partial charge in [0, 0.05) is 37.8 Å². The predicted molar refractivity (Wildman–Crippen MR) is 126 cm³/mol. The van der Waals surface area contributed by atoms with Crippen LogP contribution in [-0.4, -0.2) is 61.3 Å². The van der Waals surface area contributed by atoms with E-state index in [2.05, 4.69) is 11.1 Å². The molecule has 7 nitrogen and oxygen atoms in total. The lowest BCUT2D eigenvalue weighted by atomic mass is 10.1. The van der Waals surface area contributed by atoms with E-state index in [0.717, 1.165) is 23.8 Å². The molecule has 1 aromatic heterocycles. The molecule has 2 aromatic carbocycles. The Morgan fingerprint density at radius 1 is 1.03 bits per heavy atom. The molecule has 0 atom stereocenters.